The third-order valence-corrected chi connectivity index (χ3v) is 5.01. The largest absolute Gasteiger partial charge is 0.371 e. The van der Waals surface area contributed by atoms with Crippen LogP contribution < -0.4 is 5.32 Å². The molecule has 6 nitrogen and oxygen atoms in total. The fourth-order valence-electron chi connectivity index (χ4n) is 3.49. The molecule has 1 aliphatic rings. The minimum absolute atomic E-state index is 0.0938. The number of hydrogen-bond donors (Lipinski definition) is 1. The molecule has 0 spiro atoms. The average molecular weight is 390 g/mol. The Labute approximate surface area is 167 Å². The van der Waals surface area contributed by atoms with Crippen molar-refractivity contribution in [2.24, 2.45) is 5.92 Å². The van der Waals surface area contributed by atoms with Crippen molar-refractivity contribution in [1.29, 1.82) is 5.26 Å². The van der Waals surface area contributed by atoms with Gasteiger partial charge in [-0.15, -0.1) is 0 Å². The molecule has 0 saturated carbocycles. The van der Waals surface area contributed by atoms with Gasteiger partial charge in [-0.25, -0.2) is 9.07 Å². The number of ether oxygens (including phenoxy) is 1. The van der Waals surface area contributed by atoms with Gasteiger partial charge >= 0.3 is 0 Å². The second kappa shape index (κ2) is 8.25. The number of benzene rings is 2. The zero-order valence-corrected chi connectivity index (χ0v) is 15.6. The molecule has 0 unspecified atom stereocenters. The van der Waals surface area contributed by atoms with Crippen LogP contribution in [-0.2, 0) is 16.1 Å². The highest BCUT2D eigenvalue weighted by Crippen LogP contribution is 2.35. The average Bonchev–Trinajstić information content (AvgIpc) is 3.42. The lowest BCUT2D eigenvalue weighted by Gasteiger charge is -2.19. The van der Waals surface area contributed by atoms with E-state index in [4.69, 9.17) is 10.00 Å². The second-order valence-electron chi connectivity index (χ2n) is 6.86. The van der Waals surface area contributed by atoms with Crippen LogP contribution in [0.25, 0.3) is 5.69 Å². The van der Waals surface area contributed by atoms with Crippen molar-refractivity contribution in [3.8, 4) is 11.8 Å². The van der Waals surface area contributed by atoms with E-state index in [1.807, 2.05) is 18.2 Å². The Morgan fingerprint density at radius 1 is 1.21 bits per heavy atom. The van der Waals surface area contributed by atoms with Crippen molar-refractivity contribution in [2.75, 3.05) is 6.61 Å². The molecular weight excluding hydrogens is 371 g/mol. The lowest BCUT2D eigenvalue weighted by molar-refractivity contribution is -0.127. The highest BCUT2D eigenvalue weighted by molar-refractivity contribution is 5.79. The molecule has 2 heterocycles. The number of amides is 1. The molecule has 1 aromatic heterocycles. The van der Waals surface area contributed by atoms with Gasteiger partial charge < -0.3 is 10.1 Å². The highest BCUT2D eigenvalue weighted by Gasteiger charge is 2.37. The van der Waals surface area contributed by atoms with Gasteiger partial charge in [0.05, 0.1) is 28.9 Å². The Balaban J connectivity index is 1.48. The van der Waals surface area contributed by atoms with Crippen LogP contribution >= 0.6 is 0 Å². The Kier molecular flexibility index (Phi) is 5.36. The van der Waals surface area contributed by atoms with Gasteiger partial charge in [-0.3, -0.25) is 4.79 Å². The number of nitriles is 1. The molecule has 1 N–H and O–H groups in total. The molecular formula is C22H19FN4O2. The van der Waals surface area contributed by atoms with Crippen molar-refractivity contribution in [1.82, 2.24) is 15.1 Å². The SMILES string of the molecule is N#Cc1ccc(CNC(=O)[C@H]2CCO[C@@H]2c2ccnn2-c2ccc(F)cc2)cc1. The molecule has 2 aromatic carbocycles. The molecule has 1 saturated heterocycles. The molecule has 29 heavy (non-hydrogen) atoms. The monoisotopic (exact) mass is 390 g/mol. The maximum absolute atomic E-state index is 13.2. The standard InChI is InChI=1S/C22H19FN4O2/c23-17-5-7-18(8-6-17)27-20(9-11-26-27)21-19(10-12-29-21)22(28)25-14-16-3-1-15(13-24)2-4-16/h1-9,11,19,21H,10,12,14H2,(H,25,28)/t19-,21-/m0/s1. The number of nitrogens with one attached hydrogen (secondary N) is 1. The first kappa shape index (κ1) is 18.8. The molecule has 1 aliphatic heterocycles. The first-order chi connectivity index (χ1) is 14.2. The summed E-state index contributed by atoms with van der Waals surface area (Å²) in [7, 11) is 0. The first-order valence-electron chi connectivity index (χ1n) is 9.34. The van der Waals surface area contributed by atoms with Crippen LogP contribution in [0.4, 0.5) is 4.39 Å². The van der Waals surface area contributed by atoms with Crippen LogP contribution in [0.2, 0.25) is 0 Å². The summed E-state index contributed by atoms with van der Waals surface area (Å²) >= 11 is 0. The number of halogens is 1. The highest BCUT2D eigenvalue weighted by atomic mass is 19.1. The molecule has 0 bridgehead atoms. The van der Waals surface area contributed by atoms with Crippen LogP contribution in [0, 0.1) is 23.1 Å². The third-order valence-electron chi connectivity index (χ3n) is 5.01. The maximum atomic E-state index is 13.2. The van der Waals surface area contributed by atoms with Crippen LogP contribution in [0.5, 0.6) is 0 Å². The number of nitrogens with zero attached hydrogens (tertiary/aromatic N) is 3. The van der Waals surface area contributed by atoms with E-state index in [2.05, 4.69) is 16.5 Å². The zero-order chi connectivity index (χ0) is 20.2. The fourth-order valence-corrected chi connectivity index (χ4v) is 3.49. The van der Waals surface area contributed by atoms with E-state index in [0.717, 1.165) is 11.3 Å². The smallest absolute Gasteiger partial charge is 0.226 e. The summed E-state index contributed by atoms with van der Waals surface area (Å²) in [6, 6.07) is 17.0. The molecule has 3 aromatic rings. The quantitative estimate of drug-likeness (QED) is 0.725. The van der Waals surface area contributed by atoms with Crippen molar-refractivity contribution < 1.29 is 13.9 Å². The fraction of sp³-hybridized carbons (Fsp3) is 0.227. The second-order valence-corrected chi connectivity index (χ2v) is 6.86. The predicted molar refractivity (Wildman–Crippen MR) is 103 cm³/mol. The topological polar surface area (TPSA) is 79.9 Å². The van der Waals surface area contributed by atoms with Gasteiger partial charge in [0.15, 0.2) is 0 Å². The van der Waals surface area contributed by atoms with Crippen molar-refractivity contribution in [3.05, 3.63) is 83.4 Å². The van der Waals surface area contributed by atoms with Crippen molar-refractivity contribution in [3.63, 3.8) is 0 Å². The van der Waals surface area contributed by atoms with Crippen LogP contribution in [0.3, 0.4) is 0 Å². The van der Waals surface area contributed by atoms with Crippen LogP contribution in [0.15, 0.2) is 60.8 Å². The molecule has 2 atom stereocenters. The number of rotatable bonds is 5. The third kappa shape index (κ3) is 4.03. The summed E-state index contributed by atoms with van der Waals surface area (Å²) in [6.07, 6.45) is 1.83. The molecule has 7 heteroatoms. The van der Waals surface area contributed by atoms with Crippen molar-refractivity contribution in [2.45, 2.75) is 19.1 Å². The molecule has 0 aliphatic carbocycles. The molecule has 4 rings (SSSR count). The van der Waals surface area contributed by atoms with Gasteiger partial charge in [0, 0.05) is 19.3 Å². The lowest BCUT2D eigenvalue weighted by atomic mass is 9.97. The van der Waals surface area contributed by atoms with E-state index >= 15 is 0 Å². The van der Waals surface area contributed by atoms with Crippen molar-refractivity contribution >= 4 is 5.91 Å². The summed E-state index contributed by atoms with van der Waals surface area (Å²) in [4.78, 5) is 12.8. The number of carbonyl (C=O) groups excluding carboxylic acids is 1. The van der Waals surface area contributed by atoms with E-state index in [9.17, 15) is 9.18 Å². The van der Waals surface area contributed by atoms with Gasteiger partial charge in [-0.1, -0.05) is 12.1 Å². The number of hydrogen-bond acceptors (Lipinski definition) is 4. The Morgan fingerprint density at radius 3 is 2.69 bits per heavy atom. The summed E-state index contributed by atoms with van der Waals surface area (Å²) in [5.41, 5.74) is 2.97. The maximum Gasteiger partial charge on any atom is 0.226 e. The van der Waals surface area contributed by atoms with E-state index in [1.54, 1.807) is 35.1 Å². The summed E-state index contributed by atoms with van der Waals surface area (Å²) in [5, 5.41) is 16.1. The van der Waals surface area contributed by atoms with E-state index < -0.39 is 6.10 Å². The Morgan fingerprint density at radius 2 is 1.97 bits per heavy atom. The van der Waals surface area contributed by atoms with E-state index in [-0.39, 0.29) is 17.6 Å². The van der Waals surface area contributed by atoms with Gasteiger partial charge in [-0.2, -0.15) is 10.4 Å². The summed E-state index contributed by atoms with van der Waals surface area (Å²) < 4.78 is 20.8. The molecule has 146 valence electrons. The lowest BCUT2D eigenvalue weighted by Crippen LogP contribution is -2.32. The zero-order valence-electron chi connectivity index (χ0n) is 15.6. The Bertz CT molecular complexity index is 1040. The molecule has 1 fully saturated rings. The minimum atomic E-state index is -0.427. The van der Waals surface area contributed by atoms with Gasteiger partial charge in [0.25, 0.3) is 0 Å². The number of carbonyl (C=O) groups is 1. The first-order valence-corrected chi connectivity index (χ1v) is 9.34. The summed E-state index contributed by atoms with van der Waals surface area (Å²) in [5.74, 6) is -0.757. The number of aromatic nitrogens is 2. The Hall–Kier alpha value is -3.50. The molecule has 1 amide bonds. The predicted octanol–water partition coefficient (Wildman–Crippen LogP) is 3.28. The van der Waals surface area contributed by atoms with Gasteiger partial charge in [0.2, 0.25) is 5.91 Å². The normalized spacial score (nSPS) is 18.3. The van der Waals surface area contributed by atoms with Crippen LogP contribution in [-0.4, -0.2) is 22.3 Å². The van der Waals surface area contributed by atoms with Crippen LogP contribution in [0.1, 0.15) is 29.3 Å². The minimum Gasteiger partial charge on any atom is -0.371 e. The molecule has 0 radical (unpaired) electrons. The van der Waals surface area contributed by atoms with Gasteiger partial charge in [-0.05, 0) is 54.4 Å². The van der Waals surface area contributed by atoms with E-state index in [1.165, 1.54) is 12.1 Å². The van der Waals surface area contributed by atoms with E-state index in [0.29, 0.717) is 30.8 Å². The van der Waals surface area contributed by atoms with Gasteiger partial charge in [0.1, 0.15) is 11.9 Å². The summed E-state index contributed by atoms with van der Waals surface area (Å²) in [6.45, 7) is 0.860.